The topological polar surface area (TPSA) is 42.7 Å². The van der Waals surface area contributed by atoms with E-state index in [0.717, 1.165) is 28.3 Å². The number of pyridine rings is 1. The summed E-state index contributed by atoms with van der Waals surface area (Å²) >= 11 is 0. The molecule has 1 aromatic carbocycles. The molecule has 0 unspecified atom stereocenters. The first-order chi connectivity index (χ1) is 10.2. The van der Waals surface area contributed by atoms with Gasteiger partial charge in [0.25, 0.3) is 0 Å². The summed E-state index contributed by atoms with van der Waals surface area (Å²) in [6, 6.07) is 16.2. The lowest BCUT2D eigenvalue weighted by Crippen LogP contribution is -2.02. The zero-order chi connectivity index (χ0) is 14.7. The Morgan fingerprint density at radius 2 is 1.86 bits per heavy atom. The van der Waals surface area contributed by atoms with Gasteiger partial charge in [0, 0.05) is 36.6 Å². The number of nitrogens with one attached hydrogen (secondary N) is 1. The summed E-state index contributed by atoms with van der Waals surface area (Å²) in [5.74, 6) is 0.887. The number of benzene rings is 1. The second-order valence-corrected chi connectivity index (χ2v) is 5.06. The Morgan fingerprint density at radius 3 is 2.62 bits per heavy atom. The van der Waals surface area contributed by atoms with Crippen molar-refractivity contribution < 1.29 is 0 Å². The minimum absolute atomic E-state index is 0.703. The Kier molecular flexibility index (Phi) is 3.69. The molecular weight excluding hydrogens is 260 g/mol. The molecular formula is C17H18N4. The molecule has 3 aromatic rings. The predicted octanol–water partition coefficient (Wildman–Crippen LogP) is 3.40. The van der Waals surface area contributed by atoms with Crippen molar-refractivity contribution in [3.05, 3.63) is 66.0 Å². The lowest BCUT2D eigenvalue weighted by molar-refractivity contribution is 0.770. The second-order valence-electron chi connectivity index (χ2n) is 5.06. The molecule has 1 N–H and O–H groups in total. The molecule has 0 saturated carbocycles. The maximum atomic E-state index is 4.57. The van der Waals surface area contributed by atoms with Crippen LogP contribution < -0.4 is 5.32 Å². The van der Waals surface area contributed by atoms with Crippen LogP contribution in [0.2, 0.25) is 0 Å². The van der Waals surface area contributed by atoms with E-state index in [9.17, 15) is 0 Å². The van der Waals surface area contributed by atoms with Gasteiger partial charge < -0.3 is 5.32 Å². The van der Waals surface area contributed by atoms with Crippen LogP contribution in [0.15, 0.2) is 54.7 Å². The van der Waals surface area contributed by atoms with Crippen molar-refractivity contribution in [2.75, 3.05) is 5.32 Å². The summed E-state index contributed by atoms with van der Waals surface area (Å²) in [4.78, 5) is 4.46. The molecule has 106 valence electrons. The van der Waals surface area contributed by atoms with Gasteiger partial charge in [-0.05, 0) is 19.1 Å². The summed E-state index contributed by atoms with van der Waals surface area (Å²) in [7, 11) is 1.95. The average molecular weight is 278 g/mol. The molecule has 0 bridgehead atoms. The van der Waals surface area contributed by atoms with Crippen molar-refractivity contribution in [3.8, 4) is 11.3 Å². The molecule has 0 fully saturated rings. The molecule has 0 spiro atoms. The highest BCUT2D eigenvalue weighted by Gasteiger charge is 2.09. The zero-order valence-corrected chi connectivity index (χ0v) is 12.2. The van der Waals surface area contributed by atoms with Crippen molar-refractivity contribution >= 4 is 5.82 Å². The molecule has 0 amide bonds. The van der Waals surface area contributed by atoms with Crippen LogP contribution >= 0.6 is 0 Å². The molecule has 2 aromatic heterocycles. The van der Waals surface area contributed by atoms with Crippen molar-refractivity contribution in [3.63, 3.8) is 0 Å². The van der Waals surface area contributed by atoms with E-state index in [0.29, 0.717) is 6.54 Å². The molecule has 0 aliphatic rings. The van der Waals surface area contributed by atoms with Crippen LogP contribution in [0.25, 0.3) is 11.3 Å². The van der Waals surface area contributed by atoms with E-state index >= 15 is 0 Å². The van der Waals surface area contributed by atoms with Crippen molar-refractivity contribution in [1.29, 1.82) is 0 Å². The predicted molar refractivity (Wildman–Crippen MR) is 84.9 cm³/mol. The van der Waals surface area contributed by atoms with Gasteiger partial charge in [-0.1, -0.05) is 36.4 Å². The van der Waals surface area contributed by atoms with E-state index in [4.69, 9.17) is 0 Å². The maximum absolute atomic E-state index is 4.57. The third-order valence-electron chi connectivity index (χ3n) is 3.30. The maximum Gasteiger partial charge on any atom is 0.126 e. The van der Waals surface area contributed by atoms with Crippen LogP contribution in [0.3, 0.4) is 0 Å². The van der Waals surface area contributed by atoms with E-state index in [-0.39, 0.29) is 0 Å². The summed E-state index contributed by atoms with van der Waals surface area (Å²) in [6.07, 6.45) is 2.05. The third kappa shape index (κ3) is 3.11. The van der Waals surface area contributed by atoms with E-state index < -0.39 is 0 Å². The highest BCUT2D eigenvalue weighted by Crippen LogP contribution is 2.22. The number of rotatable bonds is 4. The second kappa shape index (κ2) is 5.79. The smallest absolute Gasteiger partial charge is 0.126 e. The van der Waals surface area contributed by atoms with Gasteiger partial charge in [-0.3, -0.25) is 4.68 Å². The largest absolute Gasteiger partial charge is 0.366 e. The van der Waals surface area contributed by atoms with Crippen molar-refractivity contribution in [2.45, 2.75) is 13.5 Å². The van der Waals surface area contributed by atoms with Crippen LogP contribution in [0.4, 0.5) is 5.82 Å². The molecule has 2 heterocycles. The molecule has 0 atom stereocenters. The van der Waals surface area contributed by atoms with Crippen LogP contribution in [0, 0.1) is 6.92 Å². The van der Waals surface area contributed by atoms with E-state index in [2.05, 4.69) is 27.5 Å². The normalized spacial score (nSPS) is 10.6. The number of nitrogens with zero attached hydrogens (tertiary/aromatic N) is 3. The quantitative estimate of drug-likeness (QED) is 0.795. The lowest BCUT2D eigenvalue weighted by Gasteiger charge is -2.06. The molecule has 4 heteroatoms. The number of hydrogen-bond donors (Lipinski definition) is 1. The fraction of sp³-hybridized carbons (Fsp3) is 0.176. The van der Waals surface area contributed by atoms with E-state index in [1.165, 1.54) is 0 Å². The molecule has 0 radical (unpaired) electrons. The first kappa shape index (κ1) is 13.4. The van der Waals surface area contributed by atoms with Crippen LogP contribution in [0.1, 0.15) is 11.3 Å². The Morgan fingerprint density at radius 1 is 1.05 bits per heavy atom. The number of aromatic nitrogens is 3. The van der Waals surface area contributed by atoms with Gasteiger partial charge in [0.05, 0.1) is 5.69 Å². The Labute approximate surface area is 124 Å². The van der Waals surface area contributed by atoms with Crippen LogP contribution in [-0.4, -0.2) is 14.8 Å². The standard InChI is InChI=1S/C17H18N4/c1-13-7-6-10-16(19-13)18-11-15-12-21(2)20-17(15)14-8-4-3-5-9-14/h3-10,12H,11H2,1-2H3,(H,18,19). The fourth-order valence-electron chi connectivity index (χ4n) is 2.33. The summed E-state index contributed by atoms with van der Waals surface area (Å²) in [5.41, 5.74) is 4.31. The summed E-state index contributed by atoms with van der Waals surface area (Å²) < 4.78 is 1.85. The molecule has 21 heavy (non-hydrogen) atoms. The van der Waals surface area contributed by atoms with Crippen molar-refractivity contribution in [2.24, 2.45) is 7.05 Å². The molecule has 0 aliphatic heterocycles. The third-order valence-corrected chi connectivity index (χ3v) is 3.30. The lowest BCUT2D eigenvalue weighted by atomic mass is 10.1. The van der Waals surface area contributed by atoms with Crippen LogP contribution in [0.5, 0.6) is 0 Å². The highest BCUT2D eigenvalue weighted by molar-refractivity contribution is 5.63. The van der Waals surface area contributed by atoms with Gasteiger partial charge in [0.1, 0.15) is 5.82 Å². The van der Waals surface area contributed by atoms with Gasteiger partial charge in [-0.2, -0.15) is 5.10 Å². The molecule has 4 nitrogen and oxygen atoms in total. The minimum Gasteiger partial charge on any atom is -0.366 e. The van der Waals surface area contributed by atoms with Gasteiger partial charge in [0.2, 0.25) is 0 Å². The molecule has 0 aliphatic carbocycles. The number of anilines is 1. The molecule has 0 saturated heterocycles. The summed E-state index contributed by atoms with van der Waals surface area (Å²) in [6.45, 7) is 2.69. The zero-order valence-electron chi connectivity index (χ0n) is 12.2. The number of aryl methyl sites for hydroxylation is 2. The van der Waals surface area contributed by atoms with Crippen molar-refractivity contribution in [1.82, 2.24) is 14.8 Å². The minimum atomic E-state index is 0.703. The number of hydrogen-bond acceptors (Lipinski definition) is 3. The van der Waals surface area contributed by atoms with Gasteiger partial charge in [-0.15, -0.1) is 0 Å². The SMILES string of the molecule is Cc1cccc(NCc2cn(C)nc2-c2ccccc2)n1. The van der Waals surface area contributed by atoms with E-state index in [1.54, 1.807) is 0 Å². The van der Waals surface area contributed by atoms with Gasteiger partial charge >= 0.3 is 0 Å². The Bertz CT molecular complexity index is 732. The van der Waals surface area contributed by atoms with E-state index in [1.807, 2.05) is 61.2 Å². The molecule has 3 rings (SSSR count). The monoisotopic (exact) mass is 278 g/mol. The van der Waals surface area contributed by atoms with Crippen LogP contribution in [-0.2, 0) is 13.6 Å². The first-order valence-electron chi connectivity index (χ1n) is 6.98. The summed E-state index contributed by atoms with van der Waals surface area (Å²) in [5, 5.41) is 7.93. The van der Waals surface area contributed by atoms with Gasteiger partial charge in [0.15, 0.2) is 0 Å². The van der Waals surface area contributed by atoms with Gasteiger partial charge in [-0.25, -0.2) is 4.98 Å². The Balaban J connectivity index is 1.83. The highest BCUT2D eigenvalue weighted by atomic mass is 15.3. The Hall–Kier alpha value is -2.62. The average Bonchev–Trinajstić information content (AvgIpc) is 2.87. The fourth-order valence-corrected chi connectivity index (χ4v) is 2.33. The first-order valence-corrected chi connectivity index (χ1v) is 6.98.